The normalized spacial score (nSPS) is 17.3. The Morgan fingerprint density at radius 2 is 2.06 bits per heavy atom. The highest BCUT2D eigenvalue weighted by molar-refractivity contribution is 7.18. The van der Waals surface area contributed by atoms with E-state index in [0.29, 0.717) is 22.9 Å². The molecule has 8 nitrogen and oxygen atoms in total. The van der Waals surface area contributed by atoms with Crippen molar-refractivity contribution in [2.75, 3.05) is 18.6 Å². The highest BCUT2D eigenvalue weighted by Gasteiger charge is 2.49. The van der Waals surface area contributed by atoms with Crippen LogP contribution < -0.4 is 9.64 Å². The van der Waals surface area contributed by atoms with Gasteiger partial charge in [0.1, 0.15) is 22.4 Å². The Bertz CT molecular complexity index is 1310. The monoisotopic (exact) mass is 518 g/mol. The van der Waals surface area contributed by atoms with Crippen LogP contribution in [0, 0.1) is 6.92 Å². The van der Waals surface area contributed by atoms with Gasteiger partial charge in [0.05, 0.1) is 30.0 Å². The molecule has 34 heavy (non-hydrogen) atoms. The minimum absolute atomic E-state index is 0.0971. The molecule has 1 amide bonds. The Morgan fingerprint density at radius 3 is 2.68 bits per heavy atom. The molecule has 4 rings (SSSR count). The van der Waals surface area contributed by atoms with Crippen LogP contribution in [0.15, 0.2) is 41.3 Å². The maximum atomic E-state index is 13.2. The number of aryl methyl sites for hydroxylation is 1. The third-order valence-corrected chi connectivity index (χ3v) is 7.48. The van der Waals surface area contributed by atoms with E-state index in [0.717, 1.165) is 11.3 Å². The highest BCUT2D eigenvalue weighted by atomic mass is 35.5. The second-order valence-electron chi connectivity index (χ2n) is 7.17. The predicted octanol–water partition coefficient (Wildman–Crippen LogP) is 4.98. The van der Waals surface area contributed by atoms with Gasteiger partial charge < -0.3 is 14.6 Å². The van der Waals surface area contributed by atoms with Crippen molar-refractivity contribution in [2.45, 2.75) is 19.9 Å². The molecule has 3 aromatic rings. The number of esters is 1. The van der Waals surface area contributed by atoms with E-state index in [2.05, 4.69) is 4.98 Å². The summed E-state index contributed by atoms with van der Waals surface area (Å²) in [6, 6.07) is 7.23. The molecule has 1 aliphatic heterocycles. The van der Waals surface area contributed by atoms with Crippen molar-refractivity contribution in [1.82, 2.24) is 4.98 Å². The van der Waals surface area contributed by atoms with Crippen LogP contribution in [0.5, 0.6) is 5.75 Å². The van der Waals surface area contributed by atoms with E-state index in [1.54, 1.807) is 36.6 Å². The Labute approximate surface area is 208 Å². The number of carbonyl (C=O) groups is 3. The van der Waals surface area contributed by atoms with E-state index < -0.39 is 23.7 Å². The molecule has 2 aromatic heterocycles. The van der Waals surface area contributed by atoms with Gasteiger partial charge in [0.25, 0.3) is 5.78 Å². The number of ketones is 1. The standard InChI is InChI=1S/C23H19ClN2O6S2/c1-4-32-14-8-7-12(10-13(14)24)18(27)16-17(15-6-5-9-33-15)26(21(29)19(16)28)23-25-11(2)20(34-23)22(30)31-3/h5-10,17,27H,4H2,1-3H3. The fourth-order valence-electron chi connectivity index (χ4n) is 3.59. The first-order valence-electron chi connectivity index (χ1n) is 10.1. The molecule has 1 fully saturated rings. The third-order valence-electron chi connectivity index (χ3n) is 5.12. The number of amides is 1. The number of benzene rings is 1. The summed E-state index contributed by atoms with van der Waals surface area (Å²) in [7, 11) is 1.25. The molecule has 1 aliphatic rings. The van der Waals surface area contributed by atoms with Crippen LogP contribution in [0.3, 0.4) is 0 Å². The number of aliphatic hydroxyl groups is 1. The Balaban J connectivity index is 1.87. The lowest BCUT2D eigenvalue weighted by Gasteiger charge is -2.21. The van der Waals surface area contributed by atoms with Gasteiger partial charge in [-0.05, 0) is 43.5 Å². The molecule has 1 N–H and O–H groups in total. The first-order chi connectivity index (χ1) is 16.3. The minimum Gasteiger partial charge on any atom is -0.507 e. The quantitative estimate of drug-likeness (QED) is 0.212. The van der Waals surface area contributed by atoms with Crippen LogP contribution in [0.2, 0.25) is 5.02 Å². The number of aliphatic hydroxyl groups excluding tert-OH is 1. The fourth-order valence-corrected chi connectivity index (χ4v) is 5.66. The van der Waals surface area contributed by atoms with Crippen LogP contribution in [0.25, 0.3) is 5.76 Å². The van der Waals surface area contributed by atoms with Crippen molar-refractivity contribution < 1.29 is 29.0 Å². The molecule has 0 bridgehead atoms. The highest BCUT2D eigenvalue weighted by Crippen LogP contribution is 2.45. The van der Waals surface area contributed by atoms with E-state index in [4.69, 9.17) is 21.1 Å². The maximum absolute atomic E-state index is 13.2. The van der Waals surface area contributed by atoms with Gasteiger partial charge in [-0.2, -0.15) is 0 Å². The number of halogens is 1. The zero-order valence-corrected chi connectivity index (χ0v) is 20.7. The second kappa shape index (κ2) is 9.57. The zero-order chi connectivity index (χ0) is 24.6. The average Bonchev–Trinajstić information content (AvgIpc) is 3.53. The number of hydrogen-bond donors (Lipinski definition) is 1. The van der Waals surface area contributed by atoms with Crippen molar-refractivity contribution in [3.05, 3.63) is 67.3 Å². The van der Waals surface area contributed by atoms with Crippen molar-refractivity contribution in [3.8, 4) is 5.75 Å². The Kier molecular flexibility index (Phi) is 6.74. The van der Waals surface area contributed by atoms with Crippen molar-refractivity contribution in [2.24, 2.45) is 0 Å². The van der Waals surface area contributed by atoms with Crippen LogP contribution in [-0.4, -0.2) is 41.5 Å². The summed E-state index contributed by atoms with van der Waals surface area (Å²) >= 11 is 8.54. The number of Topliss-reactive ketones (excluding diaryl/α,β-unsaturated/α-hetero) is 1. The molecule has 1 atom stereocenters. The lowest BCUT2D eigenvalue weighted by Crippen LogP contribution is -2.29. The largest absolute Gasteiger partial charge is 0.507 e. The maximum Gasteiger partial charge on any atom is 0.350 e. The SMILES string of the molecule is CCOc1ccc(C(O)=C2C(=O)C(=O)N(c3nc(C)c(C(=O)OC)s3)C2c2cccs2)cc1Cl. The number of thiophene rings is 1. The first-order valence-corrected chi connectivity index (χ1v) is 12.2. The average molecular weight is 519 g/mol. The number of thiazole rings is 1. The summed E-state index contributed by atoms with van der Waals surface area (Å²) in [5.41, 5.74) is 0.538. The van der Waals surface area contributed by atoms with Gasteiger partial charge in [-0.15, -0.1) is 11.3 Å². The number of methoxy groups -OCH3 is 1. The number of ether oxygens (including phenoxy) is 2. The van der Waals surface area contributed by atoms with Gasteiger partial charge in [-0.1, -0.05) is 29.0 Å². The van der Waals surface area contributed by atoms with Crippen molar-refractivity contribution in [3.63, 3.8) is 0 Å². The number of aromatic nitrogens is 1. The number of anilines is 1. The topological polar surface area (TPSA) is 106 Å². The molecule has 1 unspecified atom stereocenters. The van der Waals surface area contributed by atoms with E-state index in [-0.39, 0.29) is 31.9 Å². The van der Waals surface area contributed by atoms with Gasteiger partial charge in [-0.25, -0.2) is 9.78 Å². The Hall–Kier alpha value is -3.21. The third kappa shape index (κ3) is 4.08. The summed E-state index contributed by atoms with van der Waals surface area (Å²) in [4.78, 5) is 44.9. The second-order valence-corrected chi connectivity index (χ2v) is 9.53. The molecule has 11 heteroatoms. The van der Waals surface area contributed by atoms with E-state index in [9.17, 15) is 19.5 Å². The van der Waals surface area contributed by atoms with Gasteiger partial charge in [0, 0.05) is 10.4 Å². The van der Waals surface area contributed by atoms with Gasteiger partial charge in [0.2, 0.25) is 0 Å². The Morgan fingerprint density at radius 1 is 1.29 bits per heavy atom. The summed E-state index contributed by atoms with van der Waals surface area (Å²) < 4.78 is 10.2. The number of hydrogen-bond acceptors (Lipinski definition) is 9. The molecular weight excluding hydrogens is 500 g/mol. The number of carbonyl (C=O) groups excluding carboxylic acids is 3. The van der Waals surface area contributed by atoms with Gasteiger partial charge in [-0.3, -0.25) is 14.5 Å². The van der Waals surface area contributed by atoms with Gasteiger partial charge in [0.15, 0.2) is 5.13 Å². The summed E-state index contributed by atoms with van der Waals surface area (Å²) in [5, 5.41) is 13.4. The summed E-state index contributed by atoms with van der Waals surface area (Å²) in [6.45, 7) is 3.85. The molecule has 0 aliphatic carbocycles. The van der Waals surface area contributed by atoms with Crippen molar-refractivity contribution >= 4 is 62.8 Å². The van der Waals surface area contributed by atoms with Crippen LogP contribution in [0.1, 0.15) is 38.8 Å². The van der Waals surface area contributed by atoms with E-state index >= 15 is 0 Å². The molecule has 0 radical (unpaired) electrons. The lowest BCUT2D eigenvalue weighted by molar-refractivity contribution is -0.132. The fraction of sp³-hybridized carbons (Fsp3) is 0.217. The molecule has 0 spiro atoms. The van der Waals surface area contributed by atoms with E-state index in [1.807, 2.05) is 6.92 Å². The van der Waals surface area contributed by atoms with Gasteiger partial charge >= 0.3 is 11.9 Å². The summed E-state index contributed by atoms with van der Waals surface area (Å²) in [5.74, 6) is -2.25. The molecular formula is C23H19ClN2O6S2. The minimum atomic E-state index is -0.929. The molecule has 1 saturated heterocycles. The molecule has 176 valence electrons. The molecule has 0 saturated carbocycles. The van der Waals surface area contributed by atoms with Crippen LogP contribution in [-0.2, 0) is 14.3 Å². The zero-order valence-electron chi connectivity index (χ0n) is 18.3. The molecule has 1 aromatic carbocycles. The molecule has 3 heterocycles. The number of nitrogens with zero attached hydrogens (tertiary/aromatic N) is 2. The summed E-state index contributed by atoms with van der Waals surface area (Å²) in [6.07, 6.45) is 0. The lowest BCUT2D eigenvalue weighted by atomic mass is 10.00. The van der Waals surface area contributed by atoms with Crippen LogP contribution >= 0.6 is 34.3 Å². The first kappa shape index (κ1) is 23.9. The van der Waals surface area contributed by atoms with Crippen molar-refractivity contribution in [1.29, 1.82) is 0 Å². The smallest absolute Gasteiger partial charge is 0.350 e. The number of rotatable bonds is 6. The predicted molar refractivity (Wildman–Crippen MR) is 130 cm³/mol. The van der Waals surface area contributed by atoms with E-state index in [1.165, 1.54) is 29.4 Å². The van der Waals surface area contributed by atoms with Crippen LogP contribution in [0.4, 0.5) is 5.13 Å².